The Bertz CT molecular complexity index is 958. The first-order chi connectivity index (χ1) is 14.3. The number of amides is 1. The van der Waals surface area contributed by atoms with E-state index < -0.39 is 10.0 Å². The summed E-state index contributed by atoms with van der Waals surface area (Å²) in [6.45, 7) is 3.30. The molecule has 8 heteroatoms. The van der Waals surface area contributed by atoms with Gasteiger partial charge in [-0.1, -0.05) is 42.3 Å². The minimum absolute atomic E-state index is 0.104. The maximum atomic E-state index is 12.6. The number of hydrogen-bond acceptors (Lipinski definition) is 4. The van der Waals surface area contributed by atoms with Crippen LogP contribution in [0.4, 0.5) is 0 Å². The minimum Gasteiger partial charge on any atom is -0.351 e. The average molecular weight is 450 g/mol. The molecule has 1 aliphatic rings. The van der Waals surface area contributed by atoms with Gasteiger partial charge in [0.05, 0.1) is 11.4 Å². The molecule has 1 N–H and O–H groups in total. The van der Waals surface area contributed by atoms with Crippen molar-refractivity contribution < 1.29 is 13.2 Å². The number of carbonyl (C=O) groups excluding carboxylic acids is 1. The van der Waals surface area contributed by atoms with Crippen LogP contribution in [-0.4, -0.2) is 50.2 Å². The second-order valence-corrected chi connectivity index (χ2v) is 10.1. The molecule has 2 aromatic rings. The highest BCUT2D eigenvalue weighted by Gasteiger charge is 2.22. The smallest absolute Gasteiger partial charge is 0.243 e. The van der Waals surface area contributed by atoms with Crippen LogP contribution in [0.15, 0.2) is 53.4 Å². The first-order valence-electron chi connectivity index (χ1n) is 10.1. The summed E-state index contributed by atoms with van der Waals surface area (Å²) in [4.78, 5) is 14.9. The number of likely N-dealkylation sites (N-methyl/N-ethyl adjacent to an activating group) is 1. The van der Waals surface area contributed by atoms with Gasteiger partial charge in [-0.05, 0) is 61.3 Å². The Morgan fingerprint density at radius 2 is 1.73 bits per heavy atom. The molecule has 1 saturated heterocycles. The highest BCUT2D eigenvalue weighted by atomic mass is 35.5. The summed E-state index contributed by atoms with van der Waals surface area (Å²) in [6.07, 6.45) is 3.81. The summed E-state index contributed by atoms with van der Waals surface area (Å²) in [5.74, 6) is -0.350. The third-order valence-corrected chi connectivity index (χ3v) is 7.29. The standard InChI is InChI=1S/C22H28ClN3O3S/c1-25(30(28,29)21-10-8-20(23)9-11-21)17-22(27)24-15-18-6-5-7-19(14-18)16-26-12-3-2-4-13-26/h5-11,14H,2-4,12-13,15-17H2,1H3,(H,24,27). The fourth-order valence-electron chi connectivity index (χ4n) is 3.54. The average Bonchev–Trinajstić information content (AvgIpc) is 2.73. The lowest BCUT2D eigenvalue weighted by Gasteiger charge is -2.26. The number of piperidine rings is 1. The van der Waals surface area contributed by atoms with Gasteiger partial charge in [0.2, 0.25) is 15.9 Å². The van der Waals surface area contributed by atoms with Gasteiger partial charge in [0.1, 0.15) is 0 Å². The second-order valence-electron chi connectivity index (χ2n) is 7.65. The maximum absolute atomic E-state index is 12.6. The molecule has 0 radical (unpaired) electrons. The van der Waals surface area contributed by atoms with Crippen LogP contribution >= 0.6 is 11.6 Å². The maximum Gasteiger partial charge on any atom is 0.243 e. The summed E-state index contributed by atoms with van der Waals surface area (Å²) < 4.78 is 26.2. The van der Waals surface area contributed by atoms with Crippen LogP contribution in [-0.2, 0) is 27.9 Å². The highest BCUT2D eigenvalue weighted by Crippen LogP contribution is 2.17. The zero-order valence-corrected chi connectivity index (χ0v) is 18.8. The molecular formula is C22H28ClN3O3S. The van der Waals surface area contributed by atoms with E-state index >= 15 is 0 Å². The largest absolute Gasteiger partial charge is 0.351 e. The van der Waals surface area contributed by atoms with Crippen molar-refractivity contribution in [3.8, 4) is 0 Å². The molecule has 0 bridgehead atoms. The topological polar surface area (TPSA) is 69.7 Å². The van der Waals surface area contributed by atoms with Crippen LogP contribution in [0, 0.1) is 0 Å². The molecule has 2 aromatic carbocycles. The Morgan fingerprint density at radius 1 is 1.07 bits per heavy atom. The van der Waals surface area contributed by atoms with Gasteiger partial charge in [0, 0.05) is 25.2 Å². The van der Waals surface area contributed by atoms with E-state index in [9.17, 15) is 13.2 Å². The lowest BCUT2D eigenvalue weighted by molar-refractivity contribution is -0.121. The van der Waals surface area contributed by atoms with Gasteiger partial charge in [0.25, 0.3) is 0 Å². The first-order valence-corrected chi connectivity index (χ1v) is 12.0. The molecule has 0 atom stereocenters. The Kier molecular flexibility index (Phi) is 7.88. The Labute approximate surface area is 183 Å². The van der Waals surface area contributed by atoms with Crippen LogP contribution < -0.4 is 5.32 Å². The lowest BCUT2D eigenvalue weighted by Crippen LogP contribution is -2.38. The molecule has 30 heavy (non-hydrogen) atoms. The summed E-state index contributed by atoms with van der Waals surface area (Å²) >= 11 is 5.82. The summed E-state index contributed by atoms with van der Waals surface area (Å²) in [7, 11) is -2.36. The van der Waals surface area contributed by atoms with Crippen molar-refractivity contribution in [3.05, 3.63) is 64.7 Å². The number of carbonyl (C=O) groups is 1. The van der Waals surface area contributed by atoms with E-state index in [2.05, 4.69) is 22.3 Å². The Balaban J connectivity index is 1.52. The molecule has 3 rings (SSSR count). The van der Waals surface area contributed by atoms with Gasteiger partial charge < -0.3 is 5.32 Å². The number of halogens is 1. The molecule has 0 unspecified atom stereocenters. The minimum atomic E-state index is -3.75. The number of benzene rings is 2. The van der Waals surface area contributed by atoms with Crippen LogP contribution in [0.3, 0.4) is 0 Å². The third-order valence-electron chi connectivity index (χ3n) is 5.22. The van der Waals surface area contributed by atoms with Crippen molar-refractivity contribution >= 4 is 27.5 Å². The third kappa shape index (κ3) is 6.28. The molecule has 0 aliphatic carbocycles. The number of likely N-dealkylation sites (tertiary alicyclic amines) is 1. The van der Waals surface area contributed by atoms with E-state index in [1.807, 2.05) is 12.1 Å². The quantitative estimate of drug-likeness (QED) is 0.671. The van der Waals surface area contributed by atoms with Crippen molar-refractivity contribution in [2.75, 3.05) is 26.7 Å². The van der Waals surface area contributed by atoms with E-state index in [-0.39, 0.29) is 17.3 Å². The molecule has 0 saturated carbocycles. The Hall–Kier alpha value is -1.93. The molecule has 6 nitrogen and oxygen atoms in total. The van der Waals surface area contributed by atoms with Gasteiger partial charge in [0.15, 0.2) is 0 Å². The van der Waals surface area contributed by atoms with Crippen LogP contribution in [0.1, 0.15) is 30.4 Å². The van der Waals surface area contributed by atoms with Gasteiger partial charge in [-0.3, -0.25) is 9.69 Å². The Morgan fingerprint density at radius 3 is 2.43 bits per heavy atom. The normalized spacial score (nSPS) is 15.3. The zero-order chi connectivity index (χ0) is 21.6. The second kappa shape index (κ2) is 10.4. The van der Waals surface area contributed by atoms with E-state index in [0.29, 0.717) is 11.6 Å². The van der Waals surface area contributed by atoms with Gasteiger partial charge in [-0.15, -0.1) is 0 Å². The fourth-order valence-corrected chi connectivity index (χ4v) is 4.80. The summed E-state index contributed by atoms with van der Waals surface area (Å²) in [6, 6.07) is 14.1. The molecule has 1 aliphatic heterocycles. The molecule has 1 fully saturated rings. The number of hydrogen-bond donors (Lipinski definition) is 1. The van der Waals surface area contributed by atoms with Crippen LogP contribution in [0.2, 0.25) is 5.02 Å². The van der Waals surface area contributed by atoms with Crippen molar-refractivity contribution in [2.24, 2.45) is 0 Å². The SMILES string of the molecule is CN(CC(=O)NCc1cccc(CN2CCCCC2)c1)S(=O)(=O)c1ccc(Cl)cc1. The highest BCUT2D eigenvalue weighted by molar-refractivity contribution is 7.89. The summed E-state index contributed by atoms with van der Waals surface area (Å²) in [5.41, 5.74) is 2.23. The molecule has 162 valence electrons. The fraction of sp³-hybridized carbons (Fsp3) is 0.409. The van der Waals surface area contributed by atoms with Crippen molar-refractivity contribution in [3.63, 3.8) is 0 Å². The predicted molar refractivity (Wildman–Crippen MR) is 119 cm³/mol. The number of nitrogens with zero attached hydrogens (tertiary/aromatic N) is 2. The number of sulfonamides is 1. The zero-order valence-electron chi connectivity index (χ0n) is 17.2. The monoisotopic (exact) mass is 449 g/mol. The molecule has 0 aromatic heterocycles. The van der Waals surface area contributed by atoms with E-state index in [1.165, 1.54) is 56.1 Å². The van der Waals surface area contributed by atoms with Crippen molar-refractivity contribution in [2.45, 2.75) is 37.2 Å². The first kappa shape index (κ1) is 22.7. The van der Waals surface area contributed by atoms with E-state index in [4.69, 9.17) is 11.6 Å². The van der Waals surface area contributed by atoms with E-state index in [0.717, 1.165) is 29.5 Å². The van der Waals surface area contributed by atoms with Crippen LogP contribution in [0.25, 0.3) is 0 Å². The lowest BCUT2D eigenvalue weighted by atomic mass is 10.1. The number of rotatable bonds is 8. The van der Waals surface area contributed by atoms with Gasteiger partial charge in [-0.25, -0.2) is 8.42 Å². The summed E-state index contributed by atoms with van der Waals surface area (Å²) in [5, 5.41) is 3.27. The molecule has 1 heterocycles. The molecular weight excluding hydrogens is 422 g/mol. The van der Waals surface area contributed by atoms with Crippen molar-refractivity contribution in [1.82, 2.24) is 14.5 Å². The van der Waals surface area contributed by atoms with Gasteiger partial charge >= 0.3 is 0 Å². The van der Waals surface area contributed by atoms with Gasteiger partial charge in [-0.2, -0.15) is 4.31 Å². The number of nitrogens with one attached hydrogen (secondary N) is 1. The van der Waals surface area contributed by atoms with Crippen LogP contribution in [0.5, 0.6) is 0 Å². The molecule has 0 spiro atoms. The predicted octanol–water partition coefficient (Wildman–Crippen LogP) is 3.26. The van der Waals surface area contributed by atoms with E-state index in [1.54, 1.807) is 0 Å². The van der Waals surface area contributed by atoms with Crippen molar-refractivity contribution in [1.29, 1.82) is 0 Å². The molecule has 1 amide bonds.